The van der Waals surface area contributed by atoms with Gasteiger partial charge in [-0.05, 0) is 70.0 Å². The van der Waals surface area contributed by atoms with Gasteiger partial charge in [0.1, 0.15) is 5.41 Å². The Morgan fingerprint density at radius 1 is 1.00 bits per heavy atom. The van der Waals surface area contributed by atoms with Gasteiger partial charge in [-0.3, -0.25) is 9.59 Å². The molecule has 2 aromatic carbocycles. The van der Waals surface area contributed by atoms with Gasteiger partial charge < -0.3 is 10.2 Å². The molecule has 132 valence electrons. The summed E-state index contributed by atoms with van der Waals surface area (Å²) in [7, 11) is 0. The third-order valence-electron chi connectivity index (χ3n) is 4.25. The third-order valence-corrected chi connectivity index (χ3v) is 4.25. The lowest BCUT2D eigenvalue weighted by Gasteiger charge is -2.30. The molecule has 0 aliphatic rings. The average Bonchev–Trinajstić information content (AvgIpc) is 2.55. The van der Waals surface area contributed by atoms with E-state index < -0.39 is 5.41 Å². The van der Waals surface area contributed by atoms with Crippen LogP contribution in [-0.4, -0.2) is 18.4 Å². The first-order valence-corrected chi connectivity index (χ1v) is 8.52. The monoisotopic (exact) mass is 338 g/mol. The zero-order chi connectivity index (χ0) is 18.6. The first-order chi connectivity index (χ1) is 11.8. The maximum Gasteiger partial charge on any atom is 0.242 e. The maximum absolute atomic E-state index is 13.1. The van der Waals surface area contributed by atoms with Crippen LogP contribution < -0.4 is 10.2 Å². The van der Waals surface area contributed by atoms with Gasteiger partial charge >= 0.3 is 0 Å². The molecule has 0 spiro atoms. The van der Waals surface area contributed by atoms with E-state index in [-0.39, 0.29) is 11.8 Å². The van der Waals surface area contributed by atoms with E-state index in [4.69, 9.17) is 0 Å². The Morgan fingerprint density at radius 2 is 1.60 bits per heavy atom. The van der Waals surface area contributed by atoms with Gasteiger partial charge in [0.15, 0.2) is 0 Å². The molecule has 2 aromatic rings. The van der Waals surface area contributed by atoms with Crippen molar-refractivity contribution in [3.8, 4) is 0 Å². The SMILES string of the molecule is CCN(C(=O)C(C)(C)C(=O)Nc1cccc(C)c1)c1cccc(C)c1. The zero-order valence-electron chi connectivity index (χ0n) is 15.6. The summed E-state index contributed by atoms with van der Waals surface area (Å²) in [6.45, 7) is 9.69. The highest BCUT2D eigenvalue weighted by Crippen LogP contribution is 2.26. The molecule has 0 heterocycles. The molecule has 0 saturated heterocycles. The second-order valence-corrected chi connectivity index (χ2v) is 6.84. The van der Waals surface area contributed by atoms with Crippen LogP contribution in [-0.2, 0) is 9.59 Å². The summed E-state index contributed by atoms with van der Waals surface area (Å²) < 4.78 is 0. The lowest BCUT2D eigenvalue weighted by atomic mass is 9.89. The molecule has 4 nitrogen and oxygen atoms in total. The van der Waals surface area contributed by atoms with E-state index in [1.165, 1.54) is 0 Å². The van der Waals surface area contributed by atoms with Gasteiger partial charge in [-0.2, -0.15) is 0 Å². The number of hydrogen-bond donors (Lipinski definition) is 1. The predicted molar refractivity (Wildman–Crippen MR) is 103 cm³/mol. The summed E-state index contributed by atoms with van der Waals surface area (Å²) in [6.07, 6.45) is 0. The molecule has 2 amide bonds. The van der Waals surface area contributed by atoms with Crippen LogP contribution in [0, 0.1) is 19.3 Å². The summed E-state index contributed by atoms with van der Waals surface area (Å²) in [5.74, 6) is -0.528. The molecule has 0 atom stereocenters. The van der Waals surface area contributed by atoms with E-state index in [2.05, 4.69) is 5.32 Å². The lowest BCUT2D eigenvalue weighted by Crippen LogP contribution is -2.47. The molecule has 0 aliphatic carbocycles. The molecule has 0 bridgehead atoms. The van der Waals surface area contributed by atoms with Crippen LogP contribution in [0.2, 0.25) is 0 Å². The molecular formula is C21H26N2O2. The van der Waals surface area contributed by atoms with Crippen molar-refractivity contribution in [3.05, 3.63) is 59.7 Å². The van der Waals surface area contributed by atoms with Gasteiger partial charge in [0.25, 0.3) is 0 Å². The smallest absolute Gasteiger partial charge is 0.242 e. The second-order valence-electron chi connectivity index (χ2n) is 6.84. The standard InChI is InChI=1S/C21H26N2O2/c1-6-23(18-12-8-10-16(3)14-18)20(25)21(4,5)19(24)22-17-11-7-9-15(2)13-17/h7-14H,6H2,1-5H3,(H,22,24). The van der Waals surface area contributed by atoms with Crippen LogP contribution in [0.1, 0.15) is 31.9 Å². The minimum atomic E-state index is -1.18. The molecule has 1 N–H and O–H groups in total. The minimum absolute atomic E-state index is 0.217. The molecule has 0 aromatic heterocycles. The Bertz CT molecular complexity index is 781. The highest BCUT2D eigenvalue weighted by molar-refractivity contribution is 6.14. The molecule has 0 aliphatic heterocycles. The Labute approximate surface area is 149 Å². The summed E-state index contributed by atoms with van der Waals surface area (Å²) in [5, 5.41) is 2.86. The van der Waals surface area contributed by atoms with Crippen molar-refractivity contribution in [2.45, 2.75) is 34.6 Å². The Balaban J connectivity index is 2.23. The zero-order valence-corrected chi connectivity index (χ0v) is 15.6. The molecule has 0 unspecified atom stereocenters. The topological polar surface area (TPSA) is 49.4 Å². The van der Waals surface area contributed by atoms with Gasteiger partial charge in [0.05, 0.1) is 0 Å². The van der Waals surface area contributed by atoms with Crippen molar-refractivity contribution < 1.29 is 9.59 Å². The fourth-order valence-electron chi connectivity index (χ4n) is 2.68. The first-order valence-electron chi connectivity index (χ1n) is 8.52. The van der Waals surface area contributed by atoms with Crippen molar-refractivity contribution in [1.82, 2.24) is 0 Å². The van der Waals surface area contributed by atoms with E-state index >= 15 is 0 Å². The third kappa shape index (κ3) is 4.27. The van der Waals surface area contributed by atoms with Crippen LogP contribution >= 0.6 is 0 Å². The number of carbonyl (C=O) groups excluding carboxylic acids is 2. The normalized spacial score (nSPS) is 11.1. The maximum atomic E-state index is 13.1. The van der Waals surface area contributed by atoms with Crippen molar-refractivity contribution >= 4 is 23.2 Å². The first kappa shape index (κ1) is 18.7. The van der Waals surface area contributed by atoms with E-state index in [1.54, 1.807) is 18.7 Å². The molecular weight excluding hydrogens is 312 g/mol. The number of rotatable bonds is 5. The molecule has 0 radical (unpaired) electrons. The molecule has 4 heteroatoms. The minimum Gasteiger partial charge on any atom is -0.325 e. The lowest BCUT2D eigenvalue weighted by molar-refractivity contribution is -0.136. The van der Waals surface area contributed by atoms with Gasteiger partial charge in [-0.25, -0.2) is 0 Å². The van der Waals surface area contributed by atoms with Crippen LogP contribution in [0.5, 0.6) is 0 Å². The Kier molecular flexibility index (Phi) is 5.62. The van der Waals surface area contributed by atoms with Crippen LogP contribution in [0.15, 0.2) is 48.5 Å². The summed E-state index contributed by atoms with van der Waals surface area (Å²) >= 11 is 0. The number of hydrogen-bond acceptors (Lipinski definition) is 2. The molecule has 2 rings (SSSR count). The van der Waals surface area contributed by atoms with Crippen LogP contribution in [0.4, 0.5) is 11.4 Å². The van der Waals surface area contributed by atoms with Gasteiger partial charge in [0, 0.05) is 17.9 Å². The van der Waals surface area contributed by atoms with Crippen LogP contribution in [0.25, 0.3) is 0 Å². The van der Waals surface area contributed by atoms with Crippen molar-refractivity contribution in [2.75, 3.05) is 16.8 Å². The number of nitrogens with zero attached hydrogens (tertiary/aromatic N) is 1. The summed E-state index contributed by atoms with van der Waals surface area (Å²) in [5.41, 5.74) is 2.46. The largest absolute Gasteiger partial charge is 0.325 e. The molecule has 0 fully saturated rings. The molecule has 0 saturated carbocycles. The van der Waals surface area contributed by atoms with E-state index in [9.17, 15) is 9.59 Å². The van der Waals surface area contributed by atoms with Gasteiger partial charge in [0.2, 0.25) is 11.8 Å². The van der Waals surface area contributed by atoms with Crippen molar-refractivity contribution in [2.24, 2.45) is 5.41 Å². The number of benzene rings is 2. The van der Waals surface area contributed by atoms with E-state index in [1.807, 2.05) is 69.3 Å². The summed E-state index contributed by atoms with van der Waals surface area (Å²) in [6, 6.07) is 15.3. The fraction of sp³-hybridized carbons (Fsp3) is 0.333. The van der Waals surface area contributed by atoms with Gasteiger partial charge in [-0.1, -0.05) is 24.3 Å². The highest BCUT2D eigenvalue weighted by atomic mass is 16.2. The fourth-order valence-corrected chi connectivity index (χ4v) is 2.68. The Hall–Kier alpha value is -2.62. The number of amides is 2. The van der Waals surface area contributed by atoms with E-state index in [0.29, 0.717) is 12.2 Å². The van der Waals surface area contributed by atoms with Gasteiger partial charge in [-0.15, -0.1) is 0 Å². The summed E-state index contributed by atoms with van der Waals surface area (Å²) in [4.78, 5) is 27.5. The highest BCUT2D eigenvalue weighted by Gasteiger charge is 2.39. The predicted octanol–water partition coefficient (Wildman–Crippen LogP) is 4.32. The number of anilines is 2. The number of nitrogens with one attached hydrogen (secondary N) is 1. The number of carbonyl (C=O) groups is 2. The van der Waals surface area contributed by atoms with Crippen molar-refractivity contribution in [1.29, 1.82) is 0 Å². The second kappa shape index (κ2) is 7.51. The Morgan fingerprint density at radius 3 is 2.16 bits per heavy atom. The average molecular weight is 338 g/mol. The molecule has 25 heavy (non-hydrogen) atoms. The van der Waals surface area contributed by atoms with Crippen molar-refractivity contribution in [3.63, 3.8) is 0 Å². The number of aryl methyl sites for hydroxylation is 2. The van der Waals surface area contributed by atoms with Crippen LogP contribution in [0.3, 0.4) is 0 Å². The van der Waals surface area contributed by atoms with E-state index in [0.717, 1.165) is 16.8 Å². The quantitative estimate of drug-likeness (QED) is 0.825.